The van der Waals surface area contributed by atoms with Crippen molar-refractivity contribution in [3.05, 3.63) is 119 Å². The summed E-state index contributed by atoms with van der Waals surface area (Å²) in [5.74, 6) is 2.67. The lowest BCUT2D eigenvalue weighted by Gasteiger charge is -2.21. The smallest absolute Gasteiger partial charge is 0.126 e. The number of aliphatic hydroxyl groups excluding tert-OH is 1. The molecule has 5 heteroatoms. The van der Waals surface area contributed by atoms with Gasteiger partial charge in [-0.25, -0.2) is 0 Å². The maximum Gasteiger partial charge on any atom is 0.126 e. The van der Waals surface area contributed by atoms with Crippen LogP contribution in [0.5, 0.6) is 23.0 Å². The predicted octanol–water partition coefficient (Wildman–Crippen LogP) is 6.18. The van der Waals surface area contributed by atoms with Gasteiger partial charge in [-0.05, 0) is 35.2 Å². The Bertz CT molecular complexity index is 1220. The number of methoxy groups -OCH3 is 2. The van der Waals surface area contributed by atoms with Gasteiger partial charge in [0.1, 0.15) is 36.2 Å². The van der Waals surface area contributed by atoms with Crippen molar-refractivity contribution in [1.29, 1.82) is 0 Å². The van der Waals surface area contributed by atoms with E-state index in [1.54, 1.807) is 14.2 Å². The zero-order chi connectivity index (χ0) is 25.2. The highest BCUT2D eigenvalue weighted by atomic mass is 16.5. The number of ether oxygens (including phenoxy) is 4. The van der Waals surface area contributed by atoms with E-state index < -0.39 is 0 Å². The molecule has 1 N–H and O–H groups in total. The second kappa shape index (κ2) is 12.7. The molecule has 0 aliphatic carbocycles. The van der Waals surface area contributed by atoms with E-state index in [4.69, 9.17) is 18.9 Å². The van der Waals surface area contributed by atoms with E-state index in [0.717, 1.165) is 33.8 Å². The van der Waals surface area contributed by atoms with Crippen molar-refractivity contribution in [3.8, 4) is 23.0 Å². The van der Waals surface area contributed by atoms with Crippen molar-refractivity contribution in [2.75, 3.05) is 20.8 Å². The van der Waals surface area contributed by atoms with Gasteiger partial charge in [0.2, 0.25) is 0 Å². The molecule has 0 amide bonds. The molecule has 5 nitrogen and oxygen atoms in total. The average molecular weight is 485 g/mol. The standard InChI is InChI=1S/C31H32O5/c1-33-27-15-16-29(31(18-27)34-2)26(20-32)17-25-13-14-28(35-21-23-9-5-3-6-10-23)19-30(25)36-22-24-11-7-4-8-12-24/h3-16,18-19,26,32H,17,20-22H2,1-2H3/t26-/m0/s1. The fourth-order valence-corrected chi connectivity index (χ4v) is 4.10. The summed E-state index contributed by atoms with van der Waals surface area (Å²) in [6.45, 7) is 0.874. The predicted molar refractivity (Wildman–Crippen MR) is 141 cm³/mol. The van der Waals surface area contributed by atoms with E-state index in [-0.39, 0.29) is 12.5 Å². The van der Waals surface area contributed by atoms with Gasteiger partial charge in [-0.2, -0.15) is 0 Å². The van der Waals surface area contributed by atoms with E-state index in [9.17, 15) is 5.11 Å². The van der Waals surface area contributed by atoms with Gasteiger partial charge in [0.25, 0.3) is 0 Å². The first-order valence-corrected chi connectivity index (χ1v) is 12.0. The number of hydrogen-bond donors (Lipinski definition) is 1. The highest BCUT2D eigenvalue weighted by molar-refractivity contribution is 5.46. The Labute approximate surface area is 212 Å². The van der Waals surface area contributed by atoms with Gasteiger partial charge in [0, 0.05) is 23.6 Å². The van der Waals surface area contributed by atoms with Crippen molar-refractivity contribution in [3.63, 3.8) is 0 Å². The normalized spacial score (nSPS) is 11.5. The summed E-state index contributed by atoms with van der Waals surface area (Å²) in [6.07, 6.45) is 0.572. The number of rotatable bonds is 12. The minimum atomic E-state index is -0.180. The molecular formula is C31H32O5. The van der Waals surface area contributed by atoms with Crippen molar-refractivity contribution in [2.24, 2.45) is 0 Å². The van der Waals surface area contributed by atoms with Crippen molar-refractivity contribution >= 4 is 0 Å². The first-order chi connectivity index (χ1) is 17.7. The molecule has 0 aromatic heterocycles. The summed E-state index contributed by atoms with van der Waals surface area (Å²) < 4.78 is 23.3. The first-order valence-electron chi connectivity index (χ1n) is 12.0. The molecule has 0 spiro atoms. The third kappa shape index (κ3) is 6.58. The van der Waals surface area contributed by atoms with Gasteiger partial charge in [-0.15, -0.1) is 0 Å². The molecule has 1 atom stereocenters. The van der Waals surface area contributed by atoms with E-state index in [2.05, 4.69) is 0 Å². The summed E-state index contributed by atoms with van der Waals surface area (Å²) in [5.41, 5.74) is 4.07. The monoisotopic (exact) mass is 484 g/mol. The number of hydrogen-bond acceptors (Lipinski definition) is 5. The Hall–Kier alpha value is -3.96. The molecule has 0 aliphatic heterocycles. The molecule has 4 aromatic carbocycles. The Morgan fingerprint density at radius 2 is 1.25 bits per heavy atom. The van der Waals surface area contributed by atoms with E-state index in [0.29, 0.717) is 31.1 Å². The van der Waals surface area contributed by atoms with Crippen LogP contribution in [0.25, 0.3) is 0 Å². The van der Waals surface area contributed by atoms with Gasteiger partial charge < -0.3 is 24.1 Å². The minimum absolute atomic E-state index is 0.0347. The molecule has 0 bridgehead atoms. The lowest BCUT2D eigenvalue weighted by atomic mass is 9.91. The highest BCUT2D eigenvalue weighted by Crippen LogP contribution is 2.35. The Morgan fingerprint density at radius 1 is 0.639 bits per heavy atom. The van der Waals surface area contributed by atoms with Gasteiger partial charge in [-0.1, -0.05) is 72.8 Å². The molecular weight excluding hydrogens is 452 g/mol. The Morgan fingerprint density at radius 3 is 1.86 bits per heavy atom. The Balaban J connectivity index is 1.58. The molecule has 0 fully saturated rings. The number of aliphatic hydroxyl groups is 1. The molecule has 0 heterocycles. The third-order valence-corrected chi connectivity index (χ3v) is 6.09. The van der Waals surface area contributed by atoms with Crippen molar-refractivity contribution < 1.29 is 24.1 Å². The lowest BCUT2D eigenvalue weighted by Crippen LogP contribution is -2.11. The summed E-state index contributed by atoms with van der Waals surface area (Å²) in [5, 5.41) is 10.3. The van der Waals surface area contributed by atoms with Gasteiger partial charge >= 0.3 is 0 Å². The topological polar surface area (TPSA) is 57.2 Å². The van der Waals surface area contributed by atoms with Crippen LogP contribution in [0.1, 0.15) is 28.2 Å². The SMILES string of the molecule is COc1ccc([C@H](CO)Cc2ccc(OCc3ccccc3)cc2OCc2ccccc2)c(OC)c1. The molecule has 0 radical (unpaired) electrons. The van der Waals surface area contributed by atoms with Crippen LogP contribution >= 0.6 is 0 Å². The molecule has 4 aromatic rings. The van der Waals surface area contributed by atoms with Gasteiger partial charge in [-0.3, -0.25) is 0 Å². The van der Waals surface area contributed by atoms with Crippen molar-refractivity contribution in [2.45, 2.75) is 25.6 Å². The summed E-state index contributed by atoms with van der Waals surface area (Å²) in [7, 11) is 3.25. The van der Waals surface area contributed by atoms with Gasteiger partial charge in [0.05, 0.1) is 20.8 Å². The molecule has 0 saturated carbocycles. The fourth-order valence-electron chi connectivity index (χ4n) is 4.10. The second-order valence-electron chi connectivity index (χ2n) is 8.51. The van der Waals surface area contributed by atoms with E-state index in [1.165, 1.54) is 0 Å². The van der Waals surface area contributed by atoms with E-state index >= 15 is 0 Å². The summed E-state index contributed by atoms with van der Waals surface area (Å²) in [6, 6.07) is 31.7. The van der Waals surface area contributed by atoms with Gasteiger partial charge in [0.15, 0.2) is 0 Å². The van der Waals surface area contributed by atoms with Crippen LogP contribution in [0.3, 0.4) is 0 Å². The fraction of sp³-hybridized carbons (Fsp3) is 0.226. The third-order valence-electron chi connectivity index (χ3n) is 6.09. The van der Waals surface area contributed by atoms with Crippen LogP contribution in [0.2, 0.25) is 0 Å². The minimum Gasteiger partial charge on any atom is -0.497 e. The number of benzene rings is 4. The van der Waals surface area contributed by atoms with Crippen LogP contribution in [0, 0.1) is 0 Å². The molecule has 36 heavy (non-hydrogen) atoms. The van der Waals surface area contributed by atoms with E-state index in [1.807, 2.05) is 97.1 Å². The lowest BCUT2D eigenvalue weighted by molar-refractivity contribution is 0.257. The second-order valence-corrected chi connectivity index (χ2v) is 8.51. The zero-order valence-electron chi connectivity index (χ0n) is 20.7. The summed E-state index contributed by atoms with van der Waals surface area (Å²) >= 11 is 0. The van der Waals surface area contributed by atoms with Crippen LogP contribution < -0.4 is 18.9 Å². The zero-order valence-corrected chi connectivity index (χ0v) is 20.7. The quantitative estimate of drug-likeness (QED) is 0.260. The Kier molecular flexibility index (Phi) is 8.84. The molecule has 0 saturated heterocycles. The first kappa shape index (κ1) is 25.1. The highest BCUT2D eigenvalue weighted by Gasteiger charge is 2.19. The van der Waals surface area contributed by atoms with Crippen LogP contribution in [-0.4, -0.2) is 25.9 Å². The maximum absolute atomic E-state index is 10.3. The molecule has 4 rings (SSSR count). The maximum atomic E-state index is 10.3. The average Bonchev–Trinajstić information content (AvgIpc) is 2.95. The largest absolute Gasteiger partial charge is 0.497 e. The van der Waals surface area contributed by atoms with Crippen LogP contribution in [-0.2, 0) is 19.6 Å². The van der Waals surface area contributed by atoms with Crippen molar-refractivity contribution in [1.82, 2.24) is 0 Å². The molecule has 0 unspecified atom stereocenters. The summed E-state index contributed by atoms with van der Waals surface area (Å²) in [4.78, 5) is 0. The molecule has 186 valence electrons. The van der Waals surface area contributed by atoms with Crippen LogP contribution in [0.4, 0.5) is 0 Å². The molecule has 0 aliphatic rings. The van der Waals surface area contributed by atoms with Crippen LogP contribution in [0.15, 0.2) is 97.1 Å².